The van der Waals surface area contributed by atoms with E-state index in [4.69, 9.17) is 0 Å². The average molecular weight is 335 g/mol. The minimum Gasteiger partial charge on any atom is -0.384 e. The topological polar surface area (TPSA) is 36.1 Å². The first-order valence-electron chi connectivity index (χ1n) is 9.30. The summed E-state index contributed by atoms with van der Waals surface area (Å²) >= 11 is 0. The van der Waals surface area contributed by atoms with Crippen LogP contribution in [0.3, 0.4) is 0 Å². The van der Waals surface area contributed by atoms with Crippen molar-refractivity contribution >= 4 is 22.7 Å². The van der Waals surface area contributed by atoms with E-state index in [0.717, 1.165) is 25.9 Å². The molecule has 0 radical (unpaired) electrons. The van der Waals surface area contributed by atoms with Crippen LogP contribution in [0.15, 0.2) is 36.4 Å². The summed E-state index contributed by atoms with van der Waals surface area (Å²) in [6.07, 6.45) is 2.24. The van der Waals surface area contributed by atoms with E-state index in [0.29, 0.717) is 10.8 Å². The summed E-state index contributed by atoms with van der Waals surface area (Å²) < 4.78 is 0. The quantitative estimate of drug-likeness (QED) is 0.686. The molecule has 132 valence electrons. The van der Waals surface area contributed by atoms with Crippen molar-refractivity contribution in [2.45, 2.75) is 40.5 Å². The summed E-state index contributed by atoms with van der Waals surface area (Å²) in [7, 11) is 0. The van der Waals surface area contributed by atoms with Crippen molar-refractivity contribution in [3.8, 4) is 0 Å². The van der Waals surface area contributed by atoms with Gasteiger partial charge in [-0.1, -0.05) is 27.7 Å². The molecule has 3 heteroatoms. The zero-order valence-corrected chi connectivity index (χ0v) is 15.8. The van der Waals surface area contributed by atoms with Gasteiger partial charge in [0.15, 0.2) is 0 Å². The Morgan fingerprint density at radius 3 is 1.60 bits per heavy atom. The Labute approximate surface area is 151 Å². The third kappa shape index (κ3) is 3.46. The Bertz CT molecular complexity index is 737. The Kier molecular flexibility index (Phi) is 3.71. The van der Waals surface area contributed by atoms with E-state index < -0.39 is 0 Å². The van der Waals surface area contributed by atoms with Gasteiger partial charge in [0.1, 0.15) is 0 Å². The molecule has 2 aliphatic heterocycles. The molecule has 2 aromatic carbocycles. The predicted octanol–water partition coefficient (Wildman–Crippen LogP) is 5.42. The van der Waals surface area contributed by atoms with Gasteiger partial charge in [-0.05, 0) is 71.2 Å². The fraction of sp³-hybridized carbons (Fsp3) is 0.455. The molecule has 2 aliphatic rings. The molecule has 0 aliphatic carbocycles. The number of fused-ring (bicyclic) bond motifs is 2. The highest BCUT2D eigenvalue weighted by Crippen LogP contribution is 2.36. The van der Waals surface area contributed by atoms with E-state index in [-0.39, 0.29) is 0 Å². The van der Waals surface area contributed by atoms with Crippen molar-refractivity contribution in [2.24, 2.45) is 10.8 Å². The van der Waals surface area contributed by atoms with Gasteiger partial charge in [-0.25, -0.2) is 0 Å². The molecule has 0 saturated heterocycles. The predicted molar refractivity (Wildman–Crippen MR) is 108 cm³/mol. The molecule has 0 unspecified atom stereocenters. The molecule has 0 atom stereocenters. The highest BCUT2D eigenvalue weighted by Gasteiger charge is 2.26. The maximum absolute atomic E-state index is 3.60. The summed E-state index contributed by atoms with van der Waals surface area (Å²) in [5.41, 5.74) is 8.33. The average Bonchev–Trinajstić information content (AvgIpc) is 2.52. The summed E-state index contributed by atoms with van der Waals surface area (Å²) in [6, 6.07) is 13.3. The number of hydrogen-bond acceptors (Lipinski definition) is 3. The van der Waals surface area contributed by atoms with Crippen LogP contribution < -0.4 is 16.0 Å². The normalized spacial score (nSPS) is 19.8. The fourth-order valence-corrected chi connectivity index (χ4v) is 3.97. The van der Waals surface area contributed by atoms with Crippen molar-refractivity contribution in [2.75, 3.05) is 29.0 Å². The van der Waals surface area contributed by atoms with Gasteiger partial charge in [-0.2, -0.15) is 0 Å². The Morgan fingerprint density at radius 1 is 0.720 bits per heavy atom. The Hall–Kier alpha value is -2.16. The zero-order chi connectivity index (χ0) is 17.7. The Morgan fingerprint density at radius 2 is 1.16 bits per heavy atom. The SMILES string of the molecule is CC1(C)CNc2ccc(Nc3ccc4c(c3)CC(C)(C)CN4)cc2C1. The zero-order valence-electron chi connectivity index (χ0n) is 15.8. The summed E-state index contributed by atoms with van der Waals surface area (Å²) in [5, 5.41) is 10.7. The lowest BCUT2D eigenvalue weighted by Gasteiger charge is -2.33. The maximum Gasteiger partial charge on any atom is 0.0388 e. The molecule has 0 aromatic heterocycles. The molecule has 2 aromatic rings. The van der Waals surface area contributed by atoms with Crippen molar-refractivity contribution < 1.29 is 0 Å². The van der Waals surface area contributed by atoms with Crippen molar-refractivity contribution in [3.05, 3.63) is 47.5 Å². The van der Waals surface area contributed by atoms with E-state index in [1.165, 1.54) is 33.9 Å². The fourth-order valence-electron chi connectivity index (χ4n) is 3.97. The largest absolute Gasteiger partial charge is 0.384 e. The first kappa shape index (κ1) is 16.3. The molecule has 2 heterocycles. The molecule has 25 heavy (non-hydrogen) atoms. The van der Waals surface area contributed by atoms with E-state index >= 15 is 0 Å². The van der Waals surface area contributed by atoms with Gasteiger partial charge in [-0.15, -0.1) is 0 Å². The van der Waals surface area contributed by atoms with Gasteiger partial charge in [0.05, 0.1) is 0 Å². The molecular formula is C22H29N3. The van der Waals surface area contributed by atoms with Gasteiger partial charge in [0, 0.05) is 35.8 Å². The minimum absolute atomic E-state index is 0.314. The molecule has 0 amide bonds. The van der Waals surface area contributed by atoms with Gasteiger partial charge < -0.3 is 16.0 Å². The van der Waals surface area contributed by atoms with Crippen LogP contribution in [0.1, 0.15) is 38.8 Å². The Balaban J connectivity index is 1.57. The summed E-state index contributed by atoms with van der Waals surface area (Å²) in [5.74, 6) is 0. The van der Waals surface area contributed by atoms with Crippen LogP contribution in [-0.4, -0.2) is 13.1 Å². The lowest BCUT2D eigenvalue weighted by molar-refractivity contribution is 0.379. The highest BCUT2D eigenvalue weighted by molar-refractivity contribution is 5.69. The third-order valence-electron chi connectivity index (χ3n) is 5.35. The molecule has 0 saturated carbocycles. The minimum atomic E-state index is 0.314. The standard InChI is InChI=1S/C22H29N3/c1-21(2)11-15-9-17(5-7-19(15)23-13-21)25-18-6-8-20-16(10-18)12-22(3,4)14-24-20/h5-10,23-25H,11-14H2,1-4H3. The van der Waals surface area contributed by atoms with Crippen LogP contribution in [0.5, 0.6) is 0 Å². The van der Waals surface area contributed by atoms with E-state index in [1.54, 1.807) is 0 Å². The molecule has 0 fully saturated rings. The smallest absolute Gasteiger partial charge is 0.0388 e. The molecule has 0 bridgehead atoms. The lowest BCUT2D eigenvalue weighted by atomic mass is 9.82. The van der Waals surface area contributed by atoms with Crippen LogP contribution in [0, 0.1) is 10.8 Å². The van der Waals surface area contributed by atoms with Crippen molar-refractivity contribution in [1.82, 2.24) is 0 Å². The highest BCUT2D eigenvalue weighted by atomic mass is 14.9. The number of rotatable bonds is 2. The number of benzene rings is 2. The maximum atomic E-state index is 3.60. The number of hydrogen-bond donors (Lipinski definition) is 3. The van der Waals surface area contributed by atoms with Gasteiger partial charge >= 0.3 is 0 Å². The molecule has 0 spiro atoms. The van der Waals surface area contributed by atoms with Crippen molar-refractivity contribution in [3.63, 3.8) is 0 Å². The monoisotopic (exact) mass is 335 g/mol. The van der Waals surface area contributed by atoms with E-state index in [2.05, 4.69) is 80.0 Å². The molecular weight excluding hydrogens is 306 g/mol. The second-order valence-electron chi connectivity index (χ2n) is 9.26. The summed E-state index contributed by atoms with van der Waals surface area (Å²) in [4.78, 5) is 0. The van der Waals surface area contributed by atoms with Gasteiger partial charge in [0.25, 0.3) is 0 Å². The van der Waals surface area contributed by atoms with Crippen LogP contribution >= 0.6 is 0 Å². The second kappa shape index (κ2) is 5.69. The third-order valence-corrected chi connectivity index (χ3v) is 5.35. The van der Waals surface area contributed by atoms with Crippen LogP contribution in [0.4, 0.5) is 22.7 Å². The summed E-state index contributed by atoms with van der Waals surface area (Å²) in [6.45, 7) is 11.4. The lowest BCUT2D eigenvalue weighted by Crippen LogP contribution is -2.30. The van der Waals surface area contributed by atoms with Crippen molar-refractivity contribution in [1.29, 1.82) is 0 Å². The second-order valence-corrected chi connectivity index (χ2v) is 9.26. The van der Waals surface area contributed by atoms with E-state index in [9.17, 15) is 0 Å². The van der Waals surface area contributed by atoms with Crippen LogP contribution in [0.2, 0.25) is 0 Å². The molecule has 4 rings (SSSR count). The first-order valence-corrected chi connectivity index (χ1v) is 9.30. The van der Waals surface area contributed by atoms with Crippen LogP contribution in [-0.2, 0) is 12.8 Å². The number of nitrogens with one attached hydrogen (secondary N) is 3. The first-order chi connectivity index (χ1) is 11.8. The van der Waals surface area contributed by atoms with E-state index in [1.807, 2.05) is 0 Å². The molecule has 3 nitrogen and oxygen atoms in total. The number of anilines is 4. The molecule has 3 N–H and O–H groups in total. The van der Waals surface area contributed by atoms with Crippen LogP contribution in [0.25, 0.3) is 0 Å². The van der Waals surface area contributed by atoms with Gasteiger partial charge in [-0.3, -0.25) is 0 Å². The van der Waals surface area contributed by atoms with Gasteiger partial charge in [0.2, 0.25) is 0 Å².